The number of nitrogens with one attached hydrogen (secondary N) is 2. The molecule has 0 radical (unpaired) electrons. The largest absolute Gasteiger partial charge is 0.346 e. The highest BCUT2D eigenvalue weighted by atomic mass is 16.2. The SMILES string of the molecule is CC(NC(=O)c1ccc(N2CCNC2=O)cc1)c1ccc(-c2cccc(C#N)c2)cc1. The summed E-state index contributed by atoms with van der Waals surface area (Å²) in [5.74, 6) is -0.171. The van der Waals surface area contributed by atoms with Gasteiger partial charge in [-0.2, -0.15) is 5.26 Å². The molecule has 31 heavy (non-hydrogen) atoms. The third-order valence-corrected chi connectivity index (χ3v) is 5.38. The van der Waals surface area contributed by atoms with E-state index < -0.39 is 0 Å². The minimum absolute atomic E-state index is 0.117. The fraction of sp³-hybridized carbons (Fsp3) is 0.160. The molecule has 0 aliphatic carbocycles. The molecule has 1 unspecified atom stereocenters. The standard InChI is InChI=1S/C25H22N4O2/c1-17(19-5-7-20(8-6-19)22-4-2-3-18(15-22)16-26)28-24(30)21-9-11-23(12-10-21)29-14-13-27-25(29)31/h2-12,15,17H,13-14H2,1H3,(H,27,31)(H,28,30). The van der Waals surface area contributed by atoms with Gasteiger partial charge in [0.25, 0.3) is 5.91 Å². The lowest BCUT2D eigenvalue weighted by Gasteiger charge is -2.17. The Balaban J connectivity index is 1.41. The zero-order valence-electron chi connectivity index (χ0n) is 17.1. The topological polar surface area (TPSA) is 85.2 Å². The summed E-state index contributed by atoms with van der Waals surface area (Å²) in [5, 5.41) is 14.9. The van der Waals surface area contributed by atoms with Crippen molar-refractivity contribution in [1.29, 1.82) is 5.26 Å². The lowest BCUT2D eigenvalue weighted by molar-refractivity contribution is 0.0940. The van der Waals surface area contributed by atoms with Gasteiger partial charge in [-0.3, -0.25) is 9.69 Å². The molecule has 1 aliphatic heterocycles. The Kier molecular flexibility index (Phi) is 5.67. The van der Waals surface area contributed by atoms with Gasteiger partial charge in [0.15, 0.2) is 0 Å². The summed E-state index contributed by atoms with van der Waals surface area (Å²) < 4.78 is 0. The highest BCUT2D eigenvalue weighted by Gasteiger charge is 2.21. The maximum Gasteiger partial charge on any atom is 0.321 e. The minimum atomic E-state index is -0.171. The molecule has 1 saturated heterocycles. The Morgan fingerprint density at radius 1 is 1.06 bits per heavy atom. The predicted octanol–water partition coefficient (Wildman–Crippen LogP) is 4.25. The van der Waals surface area contributed by atoms with Crippen molar-refractivity contribution in [2.75, 3.05) is 18.0 Å². The molecule has 0 spiro atoms. The van der Waals surface area contributed by atoms with Gasteiger partial charge >= 0.3 is 6.03 Å². The highest BCUT2D eigenvalue weighted by Crippen LogP contribution is 2.23. The van der Waals surface area contributed by atoms with Crippen LogP contribution in [0.25, 0.3) is 11.1 Å². The molecule has 154 valence electrons. The van der Waals surface area contributed by atoms with Gasteiger partial charge in [-0.1, -0.05) is 36.4 Å². The summed E-state index contributed by atoms with van der Waals surface area (Å²) in [6.45, 7) is 3.19. The molecule has 6 heteroatoms. The molecule has 6 nitrogen and oxygen atoms in total. The lowest BCUT2D eigenvalue weighted by Crippen LogP contribution is -2.28. The average Bonchev–Trinajstić information content (AvgIpc) is 3.25. The number of carbonyl (C=O) groups excluding carboxylic acids is 2. The van der Waals surface area contributed by atoms with Crippen LogP contribution in [-0.2, 0) is 0 Å². The second-order valence-corrected chi connectivity index (χ2v) is 7.44. The van der Waals surface area contributed by atoms with Crippen LogP contribution in [-0.4, -0.2) is 25.0 Å². The van der Waals surface area contributed by atoms with Crippen molar-refractivity contribution < 1.29 is 9.59 Å². The summed E-state index contributed by atoms with van der Waals surface area (Å²) in [5.41, 5.74) is 4.92. The highest BCUT2D eigenvalue weighted by molar-refractivity contribution is 5.97. The van der Waals surface area contributed by atoms with Crippen LogP contribution in [0.2, 0.25) is 0 Å². The Morgan fingerprint density at radius 3 is 2.45 bits per heavy atom. The molecule has 2 N–H and O–H groups in total. The third kappa shape index (κ3) is 4.41. The van der Waals surface area contributed by atoms with Crippen LogP contribution in [0.1, 0.15) is 34.5 Å². The van der Waals surface area contributed by atoms with Gasteiger partial charge in [0.2, 0.25) is 0 Å². The number of urea groups is 1. The van der Waals surface area contributed by atoms with Crippen molar-refractivity contribution in [2.45, 2.75) is 13.0 Å². The summed E-state index contributed by atoms with van der Waals surface area (Å²) >= 11 is 0. The first-order valence-electron chi connectivity index (χ1n) is 10.1. The first kappa shape index (κ1) is 20.2. The van der Waals surface area contributed by atoms with Gasteiger partial charge in [-0.25, -0.2) is 4.79 Å². The van der Waals surface area contributed by atoms with E-state index in [-0.39, 0.29) is 18.0 Å². The zero-order valence-corrected chi connectivity index (χ0v) is 17.1. The molecule has 3 aromatic carbocycles. The summed E-state index contributed by atoms with van der Waals surface area (Å²) in [6.07, 6.45) is 0. The Morgan fingerprint density at radius 2 is 1.81 bits per heavy atom. The molecule has 1 heterocycles. The number of benzene rings is 3. The molecule has 3 amide bonds. The Bertz CT molecular complexity index is 1150. The van der Waals surface area contributed by atoms with Gasteiger partial charge in [0.05, 0.1) is 17.7 Å². The maximum atomic E-state index is 12.6. The predicted molar refractivity (Wildman–Crippen MR) is 120 cm³/mol. The number of rotatable bonds is 5. The van der Waals surface area contributed by atoms with Crippen LogP contribution >= 0.6 is 0 Å². The van der Waals surface area contributed by atoms with Crippen molar-refractivity contribution in [2.24, 2.45) is 0 Å². The molecule has 0 aromatic heterocycles. The smallest absolute Gasteiger partial charge is 0.321 e. The molecule has 0 saturated carbocycles. The van der Waals surface area contributed by atoms with E-state index in [4.69, 9.17) is 5.26 Å². The molecular weight excluding hydrogens is 388 g/mol. The monoisotopic (exact) mass is 410 g/mol. The van der Waals surface area contributed by atoms with E-state index in [1.54, 1.807) is 35.2 Å². The van der Waals surface area contributed by atoms with Crippen molar-refractivity contribution in [3.63, 3.8) is 0 Å². The van der Waals surface area contributed by atoms with Gasteiger partial charge in [-0.15, -0.1) is 0 Å². The molecule has 1 fully saturated rings. The fourth-order valence-electron chi connectivity index (χ4n) is 3.61. The minimum Gasteiger partial charge on any atom is -0.346 e. The van der Waals surface area contributed by atoms with Crippen molar-refractivity contribution >= 4 is 17.6 Å². The van der Waals surface area contributed by atoms with E-state index >= 15 is 0 Å². The second kappa shape index (κ2) is 8.72. The van der Waals surface area contributed by atoms with E-state index in [1.165, 1.54) is 0 Å². The average molecular weight is 410 g/mol. The van der Waals surface area contributed by atoms with Crippen LogP contribution in [0.3, 0.4) is 0 Å². The summed E-state index contributed by atoms with van der Waals surface area (Å²) in [7, 11) is 0. The quantitative estimate of drug-likeness (QED) is 0.660. The van der Waals surface area contributed by atoms with E-state index in [2.05, 4.69) is 16.7 Å². The van der Waals surface area contributed by atoms with Crippen molar-refractivity contribution in [3.8, 4) is 17.2 Å². The number of hydrogen-bond acceptors (Lipinski definition) is 3. The van der Waals surface area contributed by atoms with Crippen molar-refractivity contribution in [3.05, 3.63) is 89.5 Å². The van der Waals surface area contributed by atoms with Crippen LogP contribution in [0.15, 0.2) is 72.8 Å². The fourth-order valence-corrected chi connectivity index (χ4v) is 3.61. The molecule has 0 bridgehead atoms. The van der Waals surface area contributed by atoms with E-state index in [9.17, 15) is 9.59 Å². The lowest BCUT2D eigenvalue weighted by atomic mass is 10.00. The summed E-state index contributed by atoms with van der Waals surface area (Å²) in [6, 6.07) is 24.3. The van der Waals surface area contributed by atoms with Gasteiger partial charge < -0.3 is 10.6 Å². The van der Waals surface area contributed by atoms with Gasteiger partial charge in [0.1, 0.15) is 0 Å². The van der Waals surface area contributed by atoms with Crippen LogP contribution < -0.4 is 15.5 Å². The normalized spacial score (nSPS) is 13.9. The van der Waals surface area contributed by atoms with Gasteiger partial charge in [0, 0.05) is 24.3 Å². The van der Waals surface area contributed by atoms with Gasteiger partial charge in [-0.05, 0) is 60.0 Å². The van der Waals surface area contributed by atoms with Crippen molar-refractivity contribution in [1.82, 2.24) is 10.6 Å². The van der Waals surface area contributed by atoms with Crippen LogP contribution in [0.5, 0.6) is 0 Å². The Hall–Kier alpha value is -4.11. The molecule has 3 aromatic rings. The number of nitrogens with zero attached hydrogens (tertiary/aromatic N) is 2. The van der Waals surface area contributed by atoms with E-state index in [0.717, 1.165) is 22.4 Å². The first-order valence-corrected chi connectivity index (χ1v) is 10.1. The van der Waals surface area contributed by atoms with E-state index in [0.29, 0.717) is 24.2 Å². The first-order chi connectivity index (χ1) is 15.0. The maximum absolute atomic E-state index is 12.6. The molecular formula is C25H22N4O2. The number of anilines is 1. The second-order valence-electron chi connectivity index (χ2n) is 7.44. The Labute approximate surface area is 181 Å². The molecule has 1 atom stereocenters. The number of carbonyl (C=O) groups is 2. The summed E-state index contributed by atoms with van der Waals surface area (Å²) in [4.78, 5) is 26.1. The number of hydrogen-bond donors (Lipinski definition) is 2. The number of amides is 3. The molecule has 1 aliphatic rings. The van der Waals surface area contributed by atoms with Crippen LogP contribution in [0.4, 0.5) is 10.5 Å². The molecule has 4 rings (SSSR count). The third-order valence-electron chi connectivity index (χ3n) is 5.38. The number of nitriles is 1. The van der Waals surface area contributed by atoms with E-state index in [1.807, 2.05) is 49.4 Å². The zero-order chi connectivity index (χ0) is 21.8. The van der Waals surface area contributed by atoms with Crippen LogP contribution in [0, 0.1) is 11.3 Å².